The summed E-state index contributed by atoms with van der Waals surface area (Å²) in [6.07, 6.45) is 2.42. The van der Waals surface area contributed by atoms with Gasteiger partial charge in [-0.05, 0) is 57.5 Å². The minimum atomic E-state index is 0.0488. The molecule has 1 N–H and O–H groups in total. The standard InChI is InChI=1S/C26H37N3O2S/c1-6-14-28-17-20(5)29(18-19(28)4)26(21-10-9-11-22(30)15-21)24-13-12-23(32-24)16-25(31)27(7-2)8-3/h6,9-13,15,19-20,26,30H,1,7-8,14,16-18H2,2-5H3/t19-,20+,26+/m0/s1. The van der Waals surface area contributed by atoms with Gasteiger partial charge in [-0.3, -0.25) is 14.6 Å². The SMILES string of the molecule is C=CCN1C[C@@H](C)N([C@H](c2cccc(O)c2)c2ccc(CC(=O)N(CC)CC)s2)C[C@@H]1C. The zero-order valence-electron chi connectivity index (χ0n) is 19.8. The van der Waals surface area contributed by atoms with E-state index in [9.17, 15) is 9.90 Å². The molecule has 5 nitrogen and oxygen atoms in total. The van der Waals surface area contributed by atoms with Gasteiger partial charge in [0.15, 0.2) is 0 Å². The fraction of sp³-hybridized carbons (Fsp3) is 0.500. The summed E-state index contributed by atoms with van der Waals surface area (Å²) in [6.45, 7) is 16.8. The molecule has 0 radical (unpaired) electrons. The van der Waals surface area contributed by atoms with Crippen LogP contribution >= 0.6 is 11.3 Å². The number of phenols is 1. The molecule has 1 aliphatic heterocycles. The Balaban J connectivity index is 1.91. The Kier molecular flexibility index (Phi) is 8.51. The molecule has 2 heterocycles. The fourth-order valence-electron chi connectivity index (χ4n) is 4.69. The summed E-state index contributed by atoms with van der Waals surface area (Å²) in [4.78, 5) is 21.8. The van der Waals surface area contributed by atoms with E-state index in [1.54, 1.807) is 17.4 Å². The molecule has 3 rings (SSSR count). The first-order valence-corrected chi connectivity index (χ1v) is 12.5. The van der Waals surface area contributed by atoms with Gasteiger partial charge in [0.1, 0.15) is 5.75 Å². The third-order valence-corrected chi connectivity index (χ3v) is 7.58. The number of piperazine rings is 1. The molecule has 0 spiro atoms. The predicted octanol–water partition coefficient (Wildman–Crippen LogP) is 4.53. The summed E-state index contributed by atoms with van der Waals surface area (Å²) in [6, 6.07) is 12.7. The van der Waals surface area contributed by atoms with Crippen molar-refractivity contribution in [3.05, 3.63) is 64.4 Å². The van der Waals surface area contributed by atoms with Crippen molar-refractivity contribution >= 4 is 17.2 Å². The smallest absolute Gasteiger partial charge is 0.227 e. The Hall–Kier alpha value is -2.15. The number of carbonyl (C=O) groups is 1. The zero-order chi connectivity index (χ0) is 23.3. The van der Waals surface area contributed by atoms with Crippen LogP contribution in [0.25, 0.3) is 0 Å². The quantitative estimate of drug-likeness (QED) is 0.564. The molecule has 6 heteroatoms. The largest absolute Gasteiger partial charge is 0.508 e. The van der Waals surface area contributed by atoms with Gasteiger partial charge in [0.05, 0.1) is 12.5 Å². The first kappa shape index (κ1) is 24.5. The first-order valence-electron chi connectivity index (χ1n) is 11.6. The molecule has 0 bridgehead atoms. The van der Waals surface area contributed by atoms with Crippen LogP contribution in [0.3, 0.4) is 0 Å². The lowest BCUT2D eigenvalue weighted by molar-refractivity contribution is -0.130. The number of amides is 1. The molecule has 0 saturated carbocycles. The maximum Gasteiger partial charge on any atom is 0.227 e. The number of hydrogen-bond donors (Lipinski definition) is 1. The minimum absolute atomic E-state index is 0.0488. The molecular formula is C26H37N3O2S. The molecule has 1 amide bonds. The van der Waals surface area contributed by atoms with Crippen LogP contribution in [-0.2, 0) is 11.2 Å². The summed E-state index contributed by atoms with van der Waals surface area (Å²) in [5.41, 5.74) is 1.09. The van der Waals surface area contributed by atoms with Crippen LogP contribution in [-0.4, -0.2) is 70.5 Å². The van der Waals surface area contributed by atoms with Crippen molar-refractivity contribution in [3.63, 3.8) is 0 Å². The third-order valence-electron chi connectivity index (χ3n) is 6.44. The molecule has 174 valence electrons. The fourth-order valence-corrected chi connectivity index (χ4v) is 5.85. The maximum atomic E-state index is 12.6. The van der Waals surface area contributed by atoms with Gasteiger partial charge in [-0.2, -0.15) is 0 Å². The van der Waals surface area contributed by atoms with Gasteiger partial charge in [0.25, 0.3) is 0 Å². The van der Waals surface area contributed by atoms with Crippen LogP contribution in [0.15, 0.2) is 49.1 Å². The van der Waals surface area contributed by atoms with Gasteiger partial charge in [-0.1, -0.05) is 18.2 Å². The van der Waals surface area contributed by atoms with Crippen LogP contribution in [0.5, 0.6) is 5.75 Å². The number of rotatable bonds is 9. The Morgan fingerprint density at radius 1 is 1.22 bits per heavy atom. The van der Waals surface area contributed by atoms with Crippen LogP contribution in [0.1, 0.15) is 49.1 Å². The van der Waals surface area contributed by atoms with Gasteiger partial charge in [-0.15, -0.1) is 17.9 Å². The summed E-state index contributed by atoms with van der Waals surface area (Å²) >= 11 is 1.72. The molecule has 32 heavy (non-hydrogen) atoms. The molecular weight excluding hydrogens is 418 g/mol. The van der Waals surface area contributed by atoms with Gasteiger partial charge < -0.3 is 10.0 Å². The van der Waals surface area contributed by atoms with E-state index in [0.717, 1.165) is 43.2 Å². The molecule has 0 aliphatic carbocycles. The number of likely N-dealkylation sites (N-methyl/N-ethyl adjacent to an activating group) is 1. The lowest BCUT2D eigenvalue weighted by Gasteiger charge is -2.47. The van der Waals surface area contributed by atoms with Crippen LogP contribution < -0.4 is 0 Å². The van der Waals surface area contributed by atoms with Gasteiger partial charge in [-0.25, -0.2) is 0 Å². The van der Waals surface area contributed by atoms with Crippen molar-refractivity contribution in [1.29, 1.82) is 0 Å². The van der Waals surface area contributed by atoms with E-state index in [4.69, 9.17) is 0 Å². The second-order valence-electron chi connectivity index (χ2n) is 8.68. The molecule has 1 aliphatic rings. The van der Waals surface area contributed by atoms with Gasteiger partial charge >= 0.3 is 0 Å². The Labute approximate surface area is 197 Å². The molecule has 2 aromatic rings. The number of thiophene rings is 1. The maximum absolute atomic E-state index is 12.6. The second-order valence-corrected chi connectivity index (χ2v) is 9.88. The summed E-state index contributed by atoms with van der Waals surface area (Å²) in [7, 11) is 0. The first-order chi connectivity index (χ1) is 15.4. The number of nitrogens with zero attached hydrogens (tertiary/aromatic N) is 3. The highest BCUT2D eigenvalue weighted by atomic mass is 32.1. The van der Waals surface area contributed by atoms with E-state index in [-0.39, 0.29) is 17.7 Å². The number of phenolic OH excluding ortho intramolecular Hbond substituents is 1. The number of hydrogen-bond acceptors (Lipinski definition) is 5. The van der Waals surface area contributed by atoms with E-state index in [0.29, 0.717) is 18.5 Å². The Morgan fingerprint density at radius 2 is 1.97 bits per heavy atom. The van der Waals surface area contributed by atoms with E-state index in [1.165, 1.54) is 4.88 Å². The second kappa shape index (κ2) is 11.1. The molecule has 0 unspecified atom stereocenters. The van der Waals surface area contributed by atoms with E-state index in [1.807, 2.05) is 37.0 Å². The average Bonchev–Trinajstić information content (AvgIpc) is 3.20. The number of carbonyl (C=O) groups excluding carboxylic acids is 1. The monoisotopic (exact) mass is 455 g/mol. The van der Waals surface area contributed by atoms with Crippen molar-refractivity contribution < 1.29 is 9.90 Å². The topological polar surface area (TPSA) is 47.0 Å². The lowest BCUT2D eigenvalue weighted by Crippen LogP contribution is -2.57. The van der Waals surface area contributed by atoms with Gasteiger partial charge in [0, 0.05) is 54.6 Å². The van der Waals surface area contributed by atoms with Crippen molar-refractivity contribution in [2.75, 3.05) is 32.7 Å². The number of aromatic hydroxyl groups is 1. The summed E-state index contributed by atoms with van der Waals surface area (Å²) in [5.74, 6) is 0.462. The highest BCUT2D eigenvalue weighted by molar-refractivity contribution is 7.12. The number of benzene rings is 1. The third kappa shape index (κ3) is 5.61. The van der Waals surface area contributed by atoms with E-state index >= 15 is 0 Å². The molecule has 1 aromatic carbocycles. The van der Waals surface area contributed by atoms with E-state index in [2.05, 4.69) is 48.4 Å². The summed E-state index contributed by atoms with van der Waals surface area (Å²) < 4.78 is 0. The Morgan fingerprint density at radius 3 is 2.62 bits per heavy atom. The van der Waals surface area contributed by atoms with Crippen molar-refractivity contribution in [1.82, 2.24) is 14.7 Å². The van der Waals surface area contributed by atoms with Crippen molar-refractivity contribution in [2.24, 2.45) is 0 Å². The average molecular weight is 456 g/mol. The zero-order valence-corrected chi connectivity index (χ0v) is 20.6. The molecule has 1 fully saturated rings. The molecule has 1 aromatic heterocycles. The predicted molar refractivity (Wildman–Crippen MR) is 133 cm³/mol. The van der Waals surface area contributed by atoms with E-state index < -0.39 is 0 Å². The van der Waals surface area contributed by atoms with Crippen LogP contribution in [0.2, 0.25) is 0 Å². The highest BCUT2D eigenvalue weighted by Crippen LogP contribution is 2.38. The molecule has 1 saturated heterocycles. The van der Waals surface area contributed by atoms with Crippen molar-refractivity contribution in [3.8, 4) is 5.75 Å². The van der Waals surface area contributed by atoms with Crippen LogP contribution in [0.4, 0.5) is 0 Å². The summed E-state index contributed by atoms with van der Waals surface area (Å²) in [5, 5.41) is 10.2. The highest BCUT2D eigenvalue weighted by Gasteiger charge is 2.35. The van der Waals surface area contributed by atoms with Crippen LogP contribution in [0, 0.1) is 0 Å². The minimum Gasteiger partial charge on any atom is -0.508 e. The Bertz CT molecular complexity index is 908. The normalized spacial score (nSPS) is 20.8. The van der Waals surface area contributed by atoms with Crippen molar-refractivity contribution in [2.45, 2.75) is 52.2 Å². The lowest BCUT2D eigenvalue weighted by atomic mass is 9.98. The van der Waals surface area contributed by atoms with Gasteiger partial charge in [0.2, 0.25) is 5.91 Å². The molecule has 3 atom stereocenters.